The molecule has 1 aromatic heterocycles. The number of hydrogen-bond acceptors (Lipinski definition) is 4. The molecule has 0 bridgehead atoms. The van der Waals surface area contributed by atoms with E-state index < -0.39 is 0 Å². The molecule has 0 aliphatic rings. The molecule has 0 aliphatic carbocycles. The van der Waals surface area contributed by atoms with E-state index in [9.17, 15) is 9.90 Å². The van der Waals surface area contributed by atoms with Crippen molar-refractivity contribution in [2.24, 2.45) is 5.10 Å². The molecule has 28 heavy (non-hydrogen) atoms. The fourth-order valence-corrected chi connectivity index (χ4v) is 2.97. The van der Waals surface area contributed by atoms with Gasteiger partial charge in [-0.1, -0.05) is 35.9 Å². The van der Waals surface area contributed by atoms with Crippen LogP contribution in [0.25, 0.3) is 22.4 Å². The van der Waals surface area contributed by atoms with Crippen LogP contribution in [0.4, 0.5) is 0 Å². The highest BCUT2D eigenvalue weighted by Gasteiger charge is 2.11. The molecule has 0 radical (unpaired) electrons. The molecular weight excluding hydrogens is 376 g/mol. The van der Waals surface area contributed by atoms with E-state index in [0.29, 0.717) is 33.0 Å². The largest absolute Gasteiger partial charge is 0.507 e. The number of aromatic nitrogens is 2. The summed E-state index contributed by atoms with van der Waals surface area (Å²) >= 11 is 5.92. The summed E-state index contributed by atoms with van der Waals surface area (Å²) in [6, 6.07) is 19.2. The minimum atomic E-state index is -0.348. The maximum atomic E-state index is 12.4. The lowest BCUT2D eigenvalue weighted by Gasteiger charge is -2.00. The van der Waals surface area contributed by atoms with Crippen LogP contribution in [0.3, 0.4) is 0 Å². The van der Waals surface area contributed by atoms with E-state index in [4.69, 9.17) is 11.6 Å². The average molecular weight is 391 g/mol. The van der Waals surface area contributed by atoms with Gasteiger partial charge in [0.25, 0.3) is 5.91 Å². The summed E-state index contributed by atoms with van der Waals surface area (Å²) in [5.41, 5.74) is 5.68. The number of benzene rings is 3. The monoisotopic (exact) mass is 390 g/mol. The SMILES string of the molecule is O=C(N/N=C/c1cccc(Cl)c1)c1ccc2nc(-c3ccccc3O)[nH]c2c1. The third-order valence-corrected chi connectivity index (χ3v) is 4.37. The first-order chi connectivity index (χ1) is 13.6. The van der Waals surface area contributed by atoms with Crippen molar-refractivity contribution in [3.63, 3.8) is 0 Å². The third kappa shape index (κ3) is 3.72. The second-order valence-electron chi connectivity index (χ2n) is 6.09. The van der Waals surface area contributed by atoms with Crippen LogP contribution >= 0.6 is 11.6 Å². The molecule has 4 aromatic rings. The molecule has 0 atom stereocenters. The van der Waals surface area contributed by atoms with E-state index in [1.165, 1.54) is 6.21 Å². The van der Waals surface area contributed by atoms with Crippen LogP contribution in [0, 0.1) is 0 Å². The van der Waals surface area contributed by atoms with Gasteiger partial charge >= 0.3 is 0 Å². The van der Waals surface area contributed by atoms with Crippen LogP contribution in [0.5, 0.6) is 5.75 Å². The molecule has 7 heteroatoms. The molecule has 1 heterocycles. The van der Waals surface area contributed by atoms with Crippen molar-refractivity contribution in [1.82, 2.24) is 15.4 Å². The van der Waals surface area contributed by atoms with E-state index in [1.807, 2.05) is 12.1 Å². The molecule has 4 rings (SSSR count). The predicted octanol–water partition coefficient (Wildman–Crippen LogP) is 4.35. The van der Waals surface area contributed by atoms with Crippen molar-refractivity contribution in [2.45, 2.75) is 0 Å². The summed E-state index contributed by atoms with van der Waals surface area (Å²) in [4.78, 5) is 19.9. The van der Waals surface area contributed by atoms with Gasteiger partial charge in [-0.2, -0.15) is 5.10 Å². The Hall–Kier alpha value is -3.64. The molecule has 0 saturated heterocycles. The van der Waals surface area contributed by atoms with Crippen LogP contribution < -0.4 is 5.43 Å². The zero-order valence-corrected chi connectivity index (χ0v) is 15.3. The number of imidazole rings is 1. The Morgan fingerprint density at radius 3 is 2.79 bits per heavy atom. The van der Waals surface area contributed by atoms with Gasteiger partial charge in [-0.3, -0.25) is 4.79 Å². The fraction of sp³-hybridized carbons (Fsp3) is 0. The van der Waals surface area contributed by atoms with E-state index in [2.05, 4.69) is 20.5 Å². The van der Waals surface area contributed by atoms with E-state index in [-0.39, 0.29) is 11.7 Å². The minimum Gasteiger partial charge on any atom is -0.507 e. The van der Waals surface area contributed by atoms with E-state index in [1.54, 1.807) is 54.6 Å². The number of phenols is 1. The van der Waals surface area contributed by atoms with Crippen molar-refractivity contribution >= 4 is 34.8 Å². The van der Waals surface area contributed by atoms with Gasteiger partial charge in [-0.25, -0.2) is 10.4 Å². The number of hydrogen-bond donors (Lipinski definition) is 3. The van der Waals surface area contributed by atoms with Gasteiger partial charge < -0.3 is 10.1 Å². The highest BCUT2D eigenvalue weighted by atomic mass is 35.5. The van der Waals surface area contributed by atoms with Gasteiger partial charge in [0.2, 0.25) is 0 Å². The number of phenolic OH excluding ortho intramolecular Hbond substituents is 1. The second kappa shape index (κ2) is 7.54. The van der Waals surface area contributed by atoms with Crippen LogP contribution in [-0.4, -0.2) is 27.2 Å². The van der Waals surface area contributed by atoms with Gasteiger partial charge in [0.1, 0.15) is 11.6 Å². The Labute approximate surface area is 165 Å². The van der Waals surface area contributed by atoms with E-state index >= 15 is 0 Å². The molecule has 0 fully saturated rings. The standard InChI is InChI=1S/C21H15ClN4O2/c22-15-5-3-4-13(10-15)12-23-26-21(28)14-8-9-17-18(11-14)25-20(24-17)16-6-1-2-7-19(16)27/h1-12,27H,(H,24,25)(H,26,28)/b23-12+. The lowest BCUT2D eigenvalue weighted by molar-refractivity contribution is 0.0955. The summed E-state index contributed by atoms with van der Waals surface area (Å²) in [6.45, 7) is 0. The number of fused-ring (bicyclic) bond motifs is 1. The molecule has 6 nitrogen and oxygen atoms in total. The Kier molecular flexibility index (Phi) is 4.78. The van der Waals surface area contributed by atoms with Gasteiger partial charge in [0, 0.05) is 10.6 Å². The first kappa shape index (κ1) is 17.8. The number of hydrazone groups is 1. The molecule has 0 spiro atoms. The summed E-state index contributed by atoms with van der Waals surface area (Å²) in [5.74, 6) is 0.318. The number of aromatic hydroxyl groups is 1. The summed E-state index contributed by atoms with van der Waals surface area (Å²) < 4.78 is 0. The topological polar surface area (TPSA) is 90.4 Å². The first-order valence-corrected chi connectivity index (χ1v) is 8.85. The maximum Gasteiger partial charge on any atom is 0.271 e. The lowest BCUT2D eigenvalue weighted by Crippen LogP contribution is -2.17. The Bertz CT molecular complexity index is 1200. The van der Waals surface area contributed by atoms with Gasteiger partial charge in [-0.15, -0.1) is 0 Å². The van der Waals surface area contributed by atoms with Gasteiger partial charge in [-0.05, 0) is 48.0 Å². The van der Waals surface area contributed by atoms with Crippen molar-refractivity contribution in [3.05, 3.63) is 82.9 Å². The fourth-order valence-electron chi connectivity index (χ4n) is 2.77. The molecular formula is C21H15ClN4O2. The summed E-state index contributed by atoms with van der Waals surface area (Å²) in [5, 5.41) is 14.6. The third-order valence-electron chi connectivity index (χ3n) is 4.13. The molecule has 3 aromatic carbocycles. The highest BCUT2D eigenvalue weighted by molar-refractivity contribution is 6.30. The molecule has 3 N–H and O–H groups in total. The van der Waals surface area contributed by atoms with Crippen LogP contribution in [0.2, 0.25) is 5.02 Å². The molecule has 0 unspecified atom stereocenters. The zero-order valence-electron chi connectivity index (χ0n) is 14.6. The van der Waals surface area contributed by atoms with Crippen LogP contribution in [-0.2, 0) is 0 Å². The Balaban J connectivity index is 1.54. The number of rotatable bonds is 4. The molecule has 1 amide bonds. The van der Waals surface area contributed by atoms with Crippen molar-refractivity contribution < 1.29 is 9.90 Å². The number of nitrogens with one attached hydrogen (secondary N) is 2. The van der Waals surface area contributed by atoms with Crippen LogP contribution in [0.15, 0.2) is 71.8 Å². The zero-order chi connectivity index (χ0) is 19.5. The lowest BCUT2D eigenvalue weighted by atomic mass is 10.2. The first-order valence-electron chi connectivity index (χ1n) is 8.47. The molecule has 0 saturated carbocycles. The number of halogens is 1. The molecule has 138 valence electrons. The molecule has 0 aliphatic heterocycles. The van der Waals surface area contributed by atoms with Crippen molar-refractivity contribution in [1.29, 1.82) is 0 Å². The second-order valence-corrected chi connectivity index (χ2v) is 6.53. The predicted molar refractivity (Wildman–Crippen MR) is 110 cm³/mol. The highest BCUT2D eigenvalue weighted by Crippen LogP contribution is 2.28. The van der Waals surface area contributed by atoms with Crippen molar-refractivity contribution in [2.75, 3.05) is 0 Å². The number of para-hydroxylation sites is 1. The van der Waals surface area contributed by atoms with Gasteiger partial charge in [0.05, 0.1) is 22.8 Å². The number of amides is 1. The van der Waals surface area contributed by atoms with Crippen LogP contribution in [0.1, 0.15) is 15.9 Å². The Morgan fingerprint density at radius 1 is 1.11 bits per heavy atom. The number of carbonyl (C=O) groups excluding carboxylic acids is 1. The summed E-state index contributed by atoms with van der Waals surface area (Å²) in [6.07, 6.45) is 1.52. The normalized spacial score (nSPS) is 11.2. The van der Waals surface area contributed by atoms with Crippen molar-refractivity contribution in [3.8, 4) is 17.1 Å². The average Bonchev–Trinajstić information content (AvgIpc) is 3.11. The Morgan fingerprint density at radius 2 is 1.96 bits per heavy atom. The number of aromatic amines is 1. The minimum absolute atomic E-state index is 0.134. The smallest absolute Gasteiger partial charge is 0.271 e. The van der Waals surface area contributed by atoms with Gasteiger partial charge in [0.15, 0.2) is 0 Å². The number of H-pyrrole nitrogens is 1. The summed E-state index contributed by atoms with van der Waals surface area (Å²) in [7, 11) is 0. The number of carbonyl (C=O) groups is 1. The van der Waals surface area contributed by atoms with E-state index in [0.717, 1.165) is 5.56 Å². The maximum absolute atomic E-state index is 12.4. The number of nitrogens with zero attached hydrogens (tertiary/aromatic N) is 2. The quantitative estimate of drug-likeness (QED) is 0.357.